The molecule has 106 valence electrons. The van der Waals surface area contributed by atoms with Crippen LogP contribution >= 0.6 is 0 Å². The van der Waals surface area contributed by atoms with Crippen molar-refractivity contribution in [1.82, 2.24) is 0 Å². The minimum atomic E-state index is 0.0682. The van der Waals surface area contributed by atoms with Gasteiger partial charge in [0.05, 0.1) is 5.60 Å². The number of benzene rings is 1. The van der Waals surface area contributed by atoms with Crippen molar-refractivity contribution in [1.29, 1.82) is 0 Å². The van der Waals surface area contributed by atoms with Crippen molar-refractivity contribution in [2.45, 2.75) is 58.1 Å². The van der Waals surface area contributed by atoms with E-state index in [9.17, 15) is 0 Å². The maximum Gasteiger partial charge on any atom is 0.0696 e. The number of hydrogen-bond acceptors (Lipinski definition) is 3. The van der Waals surface area contributed by atoms with Crippen LogP contribution in [0, 0.1) is 6.92 Å². The van der Waals surface area contributed by atoms with Crippen LogP contribution in [0.15, 0.2) is 18.2 Å². The lowest BCUT2D eigenvalue weighted by Gasteiger charge is -2.40. The van der Waals surface area contributed by atoms with E-state index in [1.54, 1.807) is 0 Å². The predicted octanol–water partition coefficient (Wildman–Crippen LogP) is 3.73. The Morgan fingerprint density at radius 3 is 2.74 bits per heavy atom. The summed E-state index contributed by atoms with van der Waals surface area (Å²) in [6, 6.07) is 6.67. The van der Waals surface area contributed by atoms with Gasteiger partial charge in [0.2, 0.25) is 0 Å². The highest BCUT2D eigenvalue weighted by atomic mass is 16.5. The number of hydrogen-bond donors (Lipinski definition) is 2. The minimum absolute atomic E-state index is 0.0682. The molecule has 0 saturated carbocycles. The van der Waals surface area contributed by atoms with Crippen molar-refractivity contribution >= 4 is 11.4 Å². The van der Waals surface area contributed by atoms with Crippen LogP contribution in [-0.4, -0.2) is 18.2 Å². The third-order valence-corrected chi connectivity index (χ3v) is 4.42. The molecule has 2 rings (SSSR count). The first-order chi connectivity index (χ1) is 9.08. The van der Waals surface area contributed by atoms with Gasteiger partial charge >= 0.3 is 0 Å². The molecule has 1 fully saturated rings. The third-order valence-electron chi connectivity index (χ3n) is 4.42. The Morgan fingerprint density at radius 1 is 1.37 bits per heavy atom. The van der Waals surface area contributed by atoms with Gasteiger partial charge in [0.15, 0.2) is 0 Å². The maximum absolute atomic E-state index is 6.01. The Bertz CT molecular complexity index is 427. The lowest BCUT2D eigenvalue weighted by Crippen LogP contribution is -2.43. The zero-order valence-electron chi connectivity index (χ0n) is 12.3. The molecule has 0 aliphatic carbocycles. The largest absolute Gasteiger partial charge is 0.399 e. The SMILES string of the molecule is CCC1(CC)CC(Nc2ccc(N)c(C)c2)CCO1. The molecule has 0 aromatic heterocycles. The Balaban J connectivity index is 2.04. The summed E-state index contributed by atoms with van der Waals surface area (Å²) in [4.78, 5) is 0. The lowest BCUT2D eigenvalue weighted by molar-refractivity contribution is -0.0864. The Labute approximate surface area is 116 Å². The van der Waals surface area contributed by atoms with Gasteiger partial charge in [0.25, 0.3) is 0 Å². The molecule has 3 nitrogen and oxygen atoms in total. The van der Waals surface area contributed by atoms with E-state index in [2.05, 4.69) is 31.3 Å². The Hall–Kier alpha value is -1.22. The Kier molecular flexibility index (Phi) is 4.35. The van der Waals surface area contributed by atoms with Gasteiger partial charge in [0, 0.05) is 24.0 Å². The summed E-state index contributed by atoms with van der Waals surface area (Å²) in [5.74, 6) is 0. The van der Waals surface area contributed by atoms with Gasteiger partial charge in [-0.25, -0.2) is 0 Å². The molecule has 3 N–H and O–H groups in total. The van der Waals surface area contributed by atoms with Crippen LogP contribution in [0.4, 0.5) is 11.4 Å². The summed E-state index contributed by atoms with van der Waals surface area (Å²) in [6.07, 6.45) is 4.33. The summed E-state index contributed by atoms with van der Waals surface area (Å²) in [5.41, 5.74) is 9.08. The van der Waals surface area contributed by atoms with Crippen molar-refractivity contribution < 1.29 is 4.74 Å². The number of ether oxygens (including phenoxy) is 1. The molecular weight excluding hydrogens is 236 g/mol. The molecule has 0 bridgehead atoms. The lowest BCUT2D eigenvalue weighted by atomic mass is 9.86. The quantitative estimate of drug-likeness (QED) is 0.813. The molecule has 1 aromatic carbocycles. The molecular formula is C16H26N2O. The summed E-state index contributed by atoms with van der Waals surface area (Å²) in [7, 11) is 0. The molecule has 1 heterocycles. The molecule has 1 atom stereocenters. The smallest absolute Gasteiger partial charge is 0.0696 e. The number of rotatable bonds is 4. The summed E-state index contributed by atoms with van der Waals surface area (Å²) in [5, 5.41) is 3.64. The van der Waals surface area contributed by atoms with E-state index < -0.39 is 0 Å². The fraction of sp³-hybridized carbons (Fsp3) is 0.625. The average Bonchev–Trinajstić information content (AvgIpc) is 2.43. The second-order valence-electron chi connectivity index (χ2n) is 5.64. The van der Waals surface area contributed by atoms with E-state index >= 15 is 0 Å². The second-order valence-corrected chi connectivity index (χ2v) is 5.64. The molecule has 0 spiro atoms. The van der Waals surface area contributed by atoms with Crippen molar-refractivity contribution in [3.05, 3.63) is 23.8 Å². The van der Waals surface area contributed by atoms with Crippen LogP contribution in [0.5, 0.6) is 0 Å². The number of anilines is 2. The highest BCUT2D eigenvalue weighted by Gasteiger charge is 2.34. The minimum Gasteiger partial charge on any atom is -0.399 e. The molecule has 1 aliphatic heterocycles. The van der Waals surface area contributed by atoms with E-state index in [0.717, 1.165) is 43.5 Å². The highest BCUT2D eigenvalue weighted by Crippen LogP contribution is 2.33. The molecule has 19 heavy (non-hydrogen) atoms. The number of nitrogen functional groups attached to an aromatic ring is 1. The molecule has 1 aromatic rings. The summed E-state index contributed by atoms with van der Waals surface area (Å²) < 4.78 is 6.01. The van der Waals surface area contributed by atoms with E-state index in [-0.39, 0.29) is 5.60 Å². The topological polar surface area (TPSA) is 47.3 Å². The van der Waals surface area contributed by atoms with Crippen molar-refractivity contribution in [3.63, 3.8) is 0 Å². The van der Waals surface area contributed by atoms with Gasteiger partial charge in [-0.2, -0.15) is 0 Å². The van der Waals surface area contributed by atoms with Gasteiger partial charge < -0.3 is 15.8 Å². The Morgan fingerprint density at radius 2 is 2.11 bits per heavy atom. The molecule has 1 aliphatic rings. The summed E-state index contributed by atoms with van der Waals surface area (Å²) >= 11 is 0. The van der Waals surface area contributed by atoms with Gasteiger partial charge in [-0.15, -0.1) is 0 Å². The van der Waals surface area contributed by atoms with Crippen molar-refractivity contribution in [2.24, 2.45) is 0 Å². The zero-order valence-corrected chi connectivity index (χ0v) is 12.3. The fourth-order valence-corrected chi connectivity index (χ4v) is 2.89. The summed E-state index contributed by atoms with van der Waals surface area (Å²) in [6.45, 7) is 7.35. The number of nitrogens with two attached hydrogens (primary N) is 1. The van der Waals surface area contributed by atoms with Crippen molar-refractivity contribution in [3.8, 4) is 0 Å². The maximum atomic E-state index is 6.01. The first-order valence-corrected chi connectivity index (χ1v) is 7.35. The first kappa shape index (κ1) is 14.2. The second kappa shape index (κ2) is 5.83. The van der Waals surface area contributed by atoms with Crippen LogP contribution in [0.1, 0.15) is 45.1 Å². The van der Waals surface area contributed by atoms with Crippen LogP contribution in [-0.2, 0) is 4.74 Å². The number of nitrogens with one attached hydrogen (secondary N) is 1. The van der Waals surface area contributed by atoms with E-state index in [1.807, 2.05) is 13.0 Å². The van der Waals surface area contributed by atoms with Crippen LogP contribution in [0.25, 0.3) is 0 Å². The van der Waals surface area contributed by atoms with E-state index in [4.69, 9.17) is 10.5 Å². The third kappa shape index (κ3) is 3.21. The number of aryl methyl sites for hydroxylation is 1. The fourth-order valence-electron chi connectivity index (χ4n) is 2.89. The highest BCUT2D eigenvalue weighted by molar-refractivity contribution is 5.57. The van der Waals surface area contributed by atoms with Gasteiger partial charge in [-0.05, 0) is 56.4 Å². The average molecular weight is 262 g/mol. The van der Waals surface area contributed by atoms with Crippen LogP contribution in [0.3, 0.4) is 0 Å². The van der Waals surface area contributed by atoms with Crippen LogP contribution in [0.2, 0.25) is 0 Å². The van der Waals surface area contributed by atoms with Gasteiger partial charge in [-0.1, -0.05) is 13.8 Å². The first-order valence-electron chi connectivity index (χ1n) is 7.35. The van der Waals surface area contributed by atoms with Crippen LogP contribution < -0.4 is 11.1 Å². The standard InChI is InChI=1S/C16H26N2O/c1-4-16(5-2)11-14(8-9-19-16)18-13-6-7-15(17)12(3)10-13/h6-7,10,14,18H,4-5,8-9,11,17H2,1-3H3. The van der Waals surface area contributed by atoms with E-state index in [1.165, 1.54) is 5.69 Å². The van der Waals surface area contributed by atoms with E-state index in [0.29, 0.717) is 6.04 Å². The van der Waals surface area contributed by atoms with Crippen molar-refractivity contribution in [2.75, 3.05) is 17.7 Å². The normalized spacial score (nSPS) is 22.2. The molecule has 0 amide bonds. The molecule has 3 heteroatoms. The molecule has 1 saturated heterocycles. The zero-order chi connectivity index (χ0) is 13.9. The predicted molar refractivity (Wildman–Crippen MR) is 81.5 cm³/mol. The monoisotopic (exact) mass is 262 g/mol. The van der Waals surface area contributed by atoms with Gasteiger partial charge in [-0.3, -0.25) is 0 Å². The van der Waals surface area contributed by atoms with Gasteiger partial charge in [0.1, 0.15) is 0 Å². The molecule has 1 unspecified atom stereocenters. The molecule has 0 radical (unpaired) electrons.